The summed E-state index contributed by atoms with van der Waals surface area (Å²) >= 11 is 0. The van der Waals surface area contributed by atoms with E-state index in [2.05, 4.69) is 25.9 Å². The third-order valence-electron chi connectivity index (χ3n) is 5.81. The van der Waals surface area contributed by atoms with Gasteiger partial charge in [-0.2, -0.15) is 23.3 Å². The molecule has 9 nitrogen and oxygen atoms in total. The lowest BCUT2D eigenvalue weighted by Gasteiger charge is -2.46. The van der Waals surface area contributed by atoms with Crippen LogP contribution in [0.15, 0.2) is 35.6 Å². The Morgan fingerprint density at radius 3 is 2.63 bits per heavy atom. The largest absolute Gasteiger partial charge is 0.416 e. The molecule has 1 aromatic carbocycles. The molecule has 2 saturated heterocycles. The topological polar surface area (TPSA) is 81.1 Å². The number of alkyl halides is 3. The fourth-order valence-corrected chi connectivity index (χ4v) is 4.00. The number of anilines is 3. The average Bonchev–Trinajstić information content (AvgIpc) is 2.82. The minimum atomic E-state index is -4.40. The van der Waals surface area contributed by atoms with Crippen molar-refractivity contribution < 1.29 is 22.3 Å². The van der Waals surface area contributed by atoms with Crippen LogP contribution in [0.5, 0.6) is 0 Å². The highest BCUT2D eigenvalue weighted by Gasteiger charge is 2.34. The summed E-state index contributed by atoms with van der Waals surface area (Å²) in [5.41, 5.74) is 5.12. The van der Waals surface area contributed by atoms with Gasteiger partial charge in [-0.1, -0.05) is 6.07 Å². The van der Waals surface area contributed by atoms with Gasteiger partial charge < -0.3 is 20.0 Å². The Morgan fingerprint density at radius 2 is 1.91 bits per heavy atom. The lowest BCUT2D eigenvalue weighted by atomic mass is 10.0. The Morgan fingerprint density at radius 1 is 1.14 bits per heavy atom. The number of rotatable bonds is 6. The van der Waals surface area contributed by atoms with Crippen molar-refractivity contribution in [3.8, 4) is 0 Å². The Hall–Kier alpha value is -3.19. The summed E-state index contributed by atoms with van der Waals surface area (Å²) in [4.78, 5) is 12.0. The number of benzene rings is 1. The molecule has 0 bridgehead atoms. The standard InChI is InChI=1S/C22H28F4N8O/c1-21(2)14-32(6-7-34(21)31-17-5-3-4-16(12-17)22(24,25)26)15-28-30-20-27-13-18(23)19(29-20)33-8-10-35-11-9-33/h3-5,12-13,15,31H,6-11,14H2,1-2H3,(H,27,29,30)/b28-15+. The second kappa shape index (κ2) is 10.2. The average molecular weight is 497 g/mol. The van der Waals surface area contributed by atoms with E-state index in [1.807, 2.05) is 23.8 Å². The maximum Gasteiger partial charge on any atom is 0.416 e. The predicted octanol–water partition coefficient (Wildman–Crippen LogP) is 3.25. The van der Waals surface area contributed by atoms with Crippen molar-refractivity contribution in [2.75, 3.05) is 61.7 Å². The first kappa shape index (κ1) is 24.9. The number of ether oxygens (including phenoxy) is 1. The summed E-state index contributed by atoms with van der Waals surface area (Å²) in [6.45, 7) is 7.77. The van der Waals surface area contributed by atoms with Crippen LogP contribution in [0.1, 0.15) is 19.4 Å². The lowest BCUT2D eigenvalue weighted by Crippen LogP contribution is -2.60. The zero-order chi connectivity index (χ0) is 25.1. The van der Waals surface area contributed by atoms with E-state index in [4.69, 9.17) is 4.74 Å². The summed E-state index contributed by atoms with van der Waals surface area (Å²) in [6.07, 6.45) is -1.67. The van der Waals surface area contributed by atoms with E-state index in [1.54, 1.807) is 17.3 Å². The summed E-state index contributed by atoms with van der Waals surface area (Å²) in [5, 5.41) is 6.11. The molecule has 4 rings (SSSR count). The SMILES string of the molecule is CC1(C)CN(/C=N/Nc2ncc(F)c(N3CCOCC3)n2)CCN1Nc1cccc(C(F)(F)F)c1. The van der Waals surface area contributed by atoms with Crippen LogP contribution >= 0.6 is 0 Å². The van der Waals surface area contributed by atoms with Gasteiger partial charge in [-0.05, 0) is 32.0 Å². The highest BCUT2D eigenvalue weighted by molar-refractivity contribution is 5.57. The zero-order valence-corrected chi connectivity index (χ0v) is 19.5. The fourth-order valence-electron chi connectivity index (χ4n) is 4.00. The van der Waals surface area contributed by atoms with Gasteiger partial charge >= 0.3 is 6.18 Å². The number of piperazine rings is 1. The van der Waals surface area contributed by atoms with Gasteiger partial charge in [0.1, 0.15) is 6.34 Å². The molecule has 0 aliphatic carbocycles. The number of halogens is 4. The molecule has 1 aromatic heterocycles. The lowest BCUT2D eigenvalue weighted by molar-refractivity contribution is -0.137. The van der Waals surface area contributed by atoms with Gasteiger partial charge in [0, 0.05) is 38.4 Å². The van der Waals surface area contributed by atoms with Crippen molar-refractivity contribution >= 4 is 23.8 Å². The fraction of sp³-hybridized carbons (Fsp3) is 0.500. The number of hydrazine groups is 1. The predicted molar refractivity (Wildman–Crippen MR) is 125 cm³/mol. The molecule has 190 valence electrons. The molecule has 0 saturated carbocycles. The number of morpholine rings is 1. The van der Waals surface area contributed by atoms with Crippen LogP contribution in [0.25, 0.3) is 0 Å². The molecule has 2 aliphatic heterocycles. The summed E-state index contributed by atoms with van der Waals surface area (Å²) in [6, 6.07) is 5.14. The molecule has 13 heteroatoms. The van der Waals surface area contributed by atoms with Crippen LogP contribution < -0.4 is 15.8 Å². The summed E-state index contributed by atoms with van der Waals surface area (Å²) in [5.74, 6) is -0.128. The van der Waals surface area contributed by atoms with Crippen molar-refractivity contribution in [1.29, 1.82) is 0 Å². The van der Waals surface area contributed by atoms with Crippen molar-refractivity contribution in [3.63, 3.8) is 0 Å². The number of nitrogens with zero attached hydrogens (tertiary/aromatic N) is 6. The van der Waals surface area contributed by atoms with Crippen LogP contribution in [-0.4, -0.2) is 77.7 Å². The highest BCUT2D eigenvalue weighted by atomic mass is 19.4. The maximum atomic E-state index is 14.2. The Balaban J connectivity index is 1.34. The van der Waals surface area contributed by atoms with Gasteiger partial charge in [0.05, 0.1) is 30.5 Å². The van der Waals surface area contributed by atoms with Crippen molar-refractivity contribution in [1.82, 2.24) is 19.9 Å². The molecule has 2 aromatic rings. The number of hydrazone groups is 1. The molecule has 0 radical (unpaired) electrons. The van der Waals surface area contributed by atoms with E-state index in [9.17, 15) is 17.6 Å². The molecule has 0 unspecified atom stereocenters. The normalized spacial score (nSPS) is 19.3. The smallest absolute Gasteiger partial charge is 0.378 e. The van der Waals surface area contributed by atoms with Gasteiger partial charge in [-0.15, -0.1) is 0 Å². The first-order valence-corrected chi connectivity index (χ1v) is 11.2. The van der Waals surface area contributed by atoms with Crippen LogP contribution in [0.2, 0.25) is 0 Å². The Bertz CT molecular complexity index is 1040. The second-order valence-corrected chi connectivity index (χ2v) is 8.95. The molecule has 35 heavy (non-hydrogen) atoms. The van der Waals surface area contributed by atoms with E-state index in [0.29, 0.717) is 51.6 Å². The highest BCUT2D eigenvalue weighted by Crippen LogP contribution is 2.31. The van der Waals surface area contributed by atoms with Crippen LogP contribution in [-0.2, 0) is 10.9 Å². The quantitative estimate of drug-likeness (QED) is 0.273. The van der Waals surface area contributed by atoms with E-state index in [-0.39, 0.29) is 11.8 Å². The molecule has 0 amide bonds. The molecular formula is C22H28F4N8O. The minimum Gasteiger partial charge on any atom is -0.378 e. The minimum absolute atomic E-state index is 0.174. The zero-order valence-electron chi connectivity index (χ0n) is 19.5. The Labute approximate surface area is 200 Å². The van der Waals surface area contributed by atoms with Crippen LogP contribution in [0.3, 0.4) is 0 Å². The summed E-state index contributed by atoms with van der Waals surface area (Å²) in [7, 11) is 0. The van der Waals surface area contributed by atoms with Crippen molar-refractivity contribution in [2.45, 2.75) is 25.6 Å². The third-order valence-corrected chi connectivity index (χ3v) is 5.81. The summed E-state index contributed by atoms with van der Waals surface area (Å²) < 4.78 is 58.5. The van der Waals surface area contributed by atoms with Crippen molar-refractivity contribution in [3.05, 3.63) is 41.8 Å². The first-order valence-electron chi connectivity index (χ1n) is 11.2. The van der Waals surface area contributed by atoms with Gasteiger partial charge in [-0.3, -0.25) is 0 Å². The Kier molecular flexibility index (Phi) is 7.26. The van der Waals surface area contributed by atoms with Crippen LogP contribution in [0.4, 0.5) is 35.0 Å². The van der Waals surface area contributed by atoms with Crippen molar-refractivity contribution in [2.24, 2.45) is 5.10 Å². The third kappa shape index (κ3) is 6.28. The van der Waals surface area contributed by atoms with E-state index in [1.165, 1.54) is 6.07 Å². The molecule has 0 atom stereocenters. The number of hydrogen-bond acceptors (Lipinski definition) is 8. The maximum absolute atomic E-state index is 14.2. The molecule has 2 N–H and O–H groups in total. The van der Waals surface area contributed by atoms with Gasteiger partial charge in [-0.25, -0.2) is 19.8 Å². The second-order valence-electron chi connectivity index (χ2n) is 8.95. The molecular weight excluding hydrogens is 468 g/mol. The van der Waals surface area contributed by atoms with Gasteiger partial charge in [0.25, 0.3) is 0 Å². The number of hydrogen-bond donors (Lipinski definition) is 2. The molecule has 2 aliphatic rings. The van der Waals surface area contributed by atoms with E-state index in [0.717, 1.165) is 18.3 Å². The molecule has 2 fully saturated rings. The molecule has 0 spiro atoms. The number of nitrogens with one attached hydrogen (secondary N) is 2. The van der Waals surface area contributed by atoms with Crippen LogP contribution in [0, 0.1) is 5.82 Å². The van der Waals surface area contributed by atoms with E-state index >= 15 is 0 Å². The molecule has 3 heterocycles. The monoisotopic (exact) mass is 496 g/mol. The van der Waals surface area contributed by atoms with E-state index < -0.39 is 23.1 Å². The van der Waals surface area contributed by atoms with Gasteiger partial charge in [0.15, 0.2) is 11.6 Å². The van der Waals surface area contributed by atoms with Gasteiger partial charge in [0.2, 0.25) is 5.95 Å². The first-order chi connectivity index (χ1) is 16.6. The number of aromatic nitrogens is 2.